The van der Waals surface area contributed by atoms with Crippen LogP contribution >= 0.6 is 0 Å². The molecule has 2 aromatic rings. The molecule has 3 nitrogen and oxygen atoms in total. The Hall–Kier alpha value is -2.29. The van der Waals surface area contributed by atoms with Gasteiger partial charge in [-0.1, -0.05) is 31.9 Å². The largest absolute Gasteiger partial charge is 0.497 e. The number of unbranched alkanes of at least 4 members (excludes halogenated alkanes) is 2. The van der Waals surface area contributed by atoms with E-state index < -0.39 is 0 Å². The zero-order chi connectivity index (χ0) is 16.9. The second-order valence-corrected chi connectivity index (χ2v) is 6.35. The number of hydrogen-bond acceptors (Lipinski definition) is 2. The molecule has 0 aliphatic carbocycles. The smallest absolute Gasteiger partial charge is 0.258 e. The van der Waals surface area contributed by atoms with E-state index in [0.717, 1.165) is 35.4 Å². The normalized spacial score (nSPS) is 13.8. The van der Waals surface area contributed by atoms with Crippen molar-refractivity contribution >= 4 is 11.6 Å². The van der Waals surface area contributed by atoms with Crippen molar-refractivity contribution in [2.24, 2.45) is 0 Å². The van der Waals surface area contributed by atoms with Crippen LogP contribution < -0.4 is 9.64 Å². The zero-order valence-electron chi connectivity index (χ0n) is 14.5. The number of anilines is 1. The summed E-state index contributed by atoms with van der Waals surface area (Å²) in [5.74, 6) is 0.893. The lowest BCUT2D eigenvalue weighted by Crippen LogP contribution is -2.37. The predicted molar refractivity (Wildman–Crippen MR) is 98.0 cm³/mol. The summed E-state index contributed by atoms with van der Waals surface area (Å²) in [4.78, 5) is 14.7. The number of ether oxygens (including phenoxy) is 1. The lowest BCUT2D eigenvalue weighted by Gasteiger charge is -2.29. The lowest BCUT2D eigenvalue weighted by atomic mass is 9.98. The summed E-state index contributed by atoms with van der Waals surface area (Å²) in [6.07, 6.45) is 5.71. The highest BCUT2D eigenvalue weighted by molar-refractivity contribution is 6.08. The molecule has 0 N–H and O–H groups in total. The van der Waals surface area contributed by atoms with Crippen molar-refractivity contribution in [3.05, 3.63) is 59.2 Å². The van der Waals surface area contributed by atoms with Gasteiger partial charge in [0.2, 0.25) is 0 Å². The molecule has 126 valence electrons. The monoisotopic (exact) mass is 323 g/mol. The van der Waals surface area contributed by atoms with Crippen LogP contribution in [0.15, 0.2) is 42.5 Å². The minimum absolute atomic E-state index is 0.0811. The Kier molecular flexibility index (Phi) is 5.19. The molecule has 0 fully saturated rings. The van der Waals surface area contributed by atoms with Crippen LogP contribution in [-0.4, -0.2) is 19.6 Å². The molecule has 3 rings (SSSR count). The van der Waals surface area contributed by atoms with E-state index in [-0.39, 0.29) is 5.91 Å². The van der Waals surface area contributed by atoms with Crippen LogP contribution in [0, 0.1) is 0 Å². The topological polar surface area (TPSA) is 29.5 Å². The zero-order valence-corrected chi connectivity index (χ0v) is 14.5. The second-order valence-electron chi connectivity index (χ2n) is 6.35. The van der Waals surface area contributed by atoms with E-state index in [1.165, 1.54) is 24.8 Å². The first-order valence-corrected chi connectivity index (χ1v) is 8.80. The van der Waals surface area contributed by atoms with Crippen molar-refractivity contribution in [2.75, 3.05) is 18.6 Å². The third-order valence-electron chi connectivity index (χ3n) is 4.71. The number of rotatable bonds is 6. The molecule has 1 aliphatic heterocycles. The van der Waals surface area contributed by atoms with Crippen molar-refractivity contribution in [2.45, 2.75) is 39.0 Å². The first-order valence-electron chi connectivity index (χ1n) is 8.80. The Morgan fingerprint density at radius 2 is 1.88 bits per heavy atom. The minimum Gasteiger partial charge on any atom is -0.497 e. The van der Waals surface area contributed by atoms with Gasteiger partial charge in [-0.3, -0.25) is 4.79 Å². The van der Waals surface area contributed by atoms with Crippen LogP contribution in [0.4, 0.5) is 5.69 Å². The molecule has 0 saturated carbocycles. The number of fused-ring (bicyclic) bond motifs is 1. The molecule has 2 aromatic carbocycles. The molecule has 0 unspecified atom stereocenters. The number of methoxy groups -OCH3 is 1. The van der Waals surface area contributed by atoms with Crippen molar-refractivity contribution in [1.29, 1.82) is 0 Å². The molecule has 0 bridgehead atoms. The van der Waals surface area contributed by atoms with Gasteiger partial charge in [-0.2, -0.15) is 0 Å². The summed E-state index contributed by atoms with van der Waals surface area (Å²) in [6, 6.07) is 14.2. The van der Waals surface area contributed by atoms with Gasteiger partial charge < -0.3 is 9.64 Å². The van der Waals surface area contributed by atoms with E-state index in [0.29, 0.717) is 6.54 Å². The maximum absolute atomic E-state index is 12.8. The van der Waals surface area contributed by atoms with Crippen LogP contribution in [0.5, 0.6) is 5.75 Å². The summed E-state index contributed by atoms with van der Waals surface area (Å²) < 4.78 is 5.26. The van der Waals surface area contributed by atoms with Crippen LogP contribution in [0.2, 0.25) is 0 Å². The van der Waals surface area contributed by atoms with E-state index in [4.69, 9.17) is 4.74 Å². The van der Waals surface area contributed by atoms with Crippen LogP contribution in [0.25, 0.3) is 0 Å². The van der Waals surface area contributed by atoms with E-state index in [2.05, 4.69) is 31.2 Å². The molecule has 1 amide bonds. The fourth-order valence-electron chi connectivity index (χ4n) is 3.26. The standard InChI is InChI=1S/C21H25NO2/c1-3-4-5-6-16-7-9-18(10-8-16)22-14-13-17-15-19(24-2)11-12-20(17)21(22)23/h7-12,15H,3-6,13-14H2,1-2H3. The Labute approximate surface area is 144 Å². The molecule has 1 heterocycles. The Bertz CT molecular complexity index is 706. The van der Waals surface area contributed by atoms with Crippen LogP contribution in [-0.2, 0) is 12.8 Å². The summed E-state index contributed by atoms with van der Waals surface area (Å²) in [7, 11) is 1.65. The highest BCUT2D eigenvalue weighted by Gasteiger charge is 2.25. The number of nitrogens with zero attached hydrogens (tertiary/aromatic N) is 1. The van der Waals surface area contributed by atoms with Gasteiger partial charge in [0.25, 0.3) is 5.91 Å². The molecular formula is C21H25NO2. The van der Waals surface area contributed by atoms with Gasteiger partial charge in [0.1, 0.15) is 5.75 Å². The molecular weight excluding hydrogens is 298 g/mol. The average Bonchev–Trinajstić information content (AvgIpc) is 2.63. The first kappa shape index (κ1) is 16.6. The Morgan fingerprint density at radius 1 is 1.08 bits per heavy atom. The summed E-state index contributed by atoms with van der Waals surface area (Å²) >= 11 is 0. The lowest BCUT2D eigenvalue weighted by molar-refractivity contribution is 0.0980. The molecule has 1 aliphatic rings. The molecule has 0 spiro atoms. The van der Waals surface area contributed by atoms with Crippen molar-refractivity contribution < 1.29 is 9.53 Å². The molecule has 0 aromatic heterocycles. The van der Waals surface area contributed by atoms with Crippen LogP contribution in [0.3, 0.4) is 0 Å². The van der Waals surface area contributed by atoms with Gasteiger partial charge in [-0.15, -0.1) is 0 Å². The molecule has 0 saturated heterocycles. The average molecular weight is 323 g/mol. The summed E-state index contributed by atoms with van der Waals surface area (Å²) in [5.41, 5.74) is 4.20. The maximum Gasteiger partial charge on any atom is 0.258 e. The van der Waals surface area contributed by atoms with Gasteiger partial charge in [0.05, 0.1) is 7.11 Å². The van der Waals surface area contributed by atoms with E-state index in [1.54, 1.807) is 7.11 Å². The maximum atomic E-state index is 12.8. The van der Waals surface area contributed by atoms with Crippen molar-refractivity contribution in [3.63, 3.8) is 0 Å². The van der Waals surface area contributed by atoms with E-state index in [9.17, 15) is 4.79 Å². The number of aryl methyl sites for hydroxylation is 1. The highest BCUT2D eigenvalue weighted by Crippen LogP contribution is 2.27. The molecule has 0 radical (unpaired) electrons. The SMILES string of the molecule is CCCCCc1ccc(N2CCc3cc(OC)ccc3C2=O)cc1. The number of hydrogen-bond donors (Lipinski definition) is 0. The third kappa shape index (κ3) is 3.45. The fourth-order valence-corrected chi connectivity index (χ4v) is 3.26. The number of carbonyl (C=O) groups is 1. The van der Waals surface area contributed by atoms with Crippen molar-refractivity contribution in [1.82, 2.24) is 0 Å². The number of carbonyl (C=O) groups excluding carboxylic acids is 1. The summed E-state index contributed by atoms with van der Waals surface area (Å²) in [5, 5.41) is 0. The second kappa shape index (κ2) is 7.52. The fraction of sp³-hybridized carbons (Fsp3) is 0.381. The first-order chi connectivity index (χ1) is 11.7. The van der Waals surface area contributed by atoms with Crippen LogP contribution in [0.1, 0.15) is 47.7 Å². The van der Waals surface area contributed by atoms with Gasteiger partial charge in [0, 0.05) is 17.8 Å². The van der Waals surface area contributed by atoms with Gasteiger partial charge in [-0.25, -0.2) is 0 Å². The van der Waals surface area contributed by atoms with Crippen molar-refractivity contribution in [3.8, 4) is 5.75 Å². The van der Waals surface area contributed by atoms with E-state index in [1.807, 2.05) is 23.1 Å². The van der Waals surface area contributed by atoms with Gasteiger partial charge in [-0.05, 0) is 60.7 Å². The number of benzene rings is 2. The van der Waals surface area contributed by atoms with Gasteiger partial charge >= 0.3 is 0 Å². The number of amides is 1. The Morgan fingerprint density at radius 3 is 2.58 bits per heavy atom. The third-order valence-corrected chi connectivity index (χ3v) is 4.71. The summed E-state index contributed by atoms with van der Waals surface area (Å²) in [6.45, 7) is 2.94. The predicted octanol–water partition coefficient (Wildman–Crippen LogP) is 4.63. The minimum atomic E-state index is 0.0811. The molecule has 0 atom stereocenters. The van der Waals surface area contributed by atoms with E-state index >= 15 is 0 Å². The van der Waals surface area contributed by atoms with Gasteiger partial charge in [0.15, 0.2) is 0 Å². The molecule has 24 heavy (non-hydrogen) atoms. The highest BCUT2D eigenvalue weighted by atomic mass is 16.5. The quantitative estimate of drug-likeness (QED) is 0.725. The molecule has 3 heteroatoms. The Balaban J connectivity index is 1.74.